The summed E-state index contributed by atoms with van der Waals surface area (Å²) in [5.74, 6) is 1.56. The second kappa shape index (κ2) is 6.16. The Morgan fingerprint density at radius 1 is 1.53 bits per heavy atom. The third kappa shape index (κ3) is 2.96. The lowest BCUT2D eigenvalue weighted by Crippen LogP contribution is -2.25. The number of thioether (sulfide) groups is 1. The van der Waals surface area contributed by atoms with Gasteiger partial charge in [-0.05, 0) is 24.5 Å². The molecule has 0 aliphatic heterocycles. The molecule has 6 heteroatoms. The maximum absolute atomic E-state index is 12.0. The molecule has 0 saturated heterocycles. The van der Waals surface area contributed by atoms with Gasteiger partial charge in [-0.3, -0.25) is 4.79 Å². The molecular formula is C13H16N2O2S2. The molecule has 0 radical (unpaired) electrons. The molecule has 1 heterocycles. The fourth-order valence-corrected chi connectivity index (χ4v) is 3.11. The maximum Gasteiger partial charge on any atom is 0.263 e. The molecule has 4 nitrogen and oxygen atoms in total. The normalized spacial score (nSPS) is 10.6. The molecule has 1 amide bonds. The van der Waals surface area contributed by atoms with Crippen molar-refractivity contribution in [3.05, 3.63) is 23.1 Å². The molecule has 2 rings (SSSR count). The number of carbonyl (C=O) groups excluding carboxylic acids is 1. The number of thiophene rings is 1. The fourth-order valence-electron chi connectivity index (χ4n) is 1.74. The SMILES string of the molecule is COc1ccc2c(N)c(C(=O)NCCSC)sc2c1. The highest BCUT2D eigenvalue weighted by atomic mass is 32.2. The number of carbonyl (C=O) groups is 1. The van der Waals surface area contributed by atoms with Crippen LogP contribution in [0.5, 0.6) is 5.75 Å². The number of hydrogen-bond donors (Lipinski definition) is 2. The van der Waals surface area contributed by atoms with E-state index in [2.05, 4.69) is 5.32 Å². The molecule has 0 bridgehead atoms. The van der Waals surface area contributed by atoms with Crippen LogP contribution in [0.15, 0.2) is 18.2 Å². The second-order valence-electron chi connectivity index (χ2n) is 3.96. The highest BCUT2D eigenvalue weighted by Gasteiger charge is 2.16. The summed E-state index contributed by atoms with van der Waals surface area (Å²) in [5.41, 5.74) is 6.58. The molecule has 19 heavy (non-hydrogen) atoms. The Morgan fingerprint density at radius 3 is 3.00 bits per heavy atom. The smallest absolute Gasteiger partial charge is 0.263 e. The summed E-state index contributed by atoms with van der Waals surface area (Å²) in [6, 6.07) is 5.63. The van der Waals surface area contributed by atoms with Crippen molar-refractivity contribution in [3.8, 4) is 5.75 Å². The van der Waals surface area contributed by atoms with Crippen molar-refractivity contribution in [1.29, 1.82) is 0 Å². The van der Waals surface area contributed by atoms with E-state index in [0.717, 1.165) is 21.6 Å². The number of methoxy groups -OCH3 is 1. The molecule has 1 aromatic heterocycles. The highest BCUT2D eigenvalue weighted by molar-refractivity contribution is 7.98. The highest BCUT2D eigenvalue weighted by Crippen LogP contribution is 2.35. The minimum Gasteiger partial charge on any atom is -0.497 e. The molecule has 2 aromatic rings. The van der Waals surface area contributed by atoms with Crippen molar-refractivity contribution < 1.29 is 9.53 Å². The quantitative estimate of drug-likeness (QED) is 0.832. The zero-order chi connectivity index (χ0) is 13.8. The summed E-state index contributed by atoms with van der Waals surface area (Å²) >= 11 is 3.09. The number of nitrogens with two attached hydrogens (primary N) is 1. The van der Waals surface area contributed by atoms with Crippen molar-refractivity contribution in [2.75, 3.05) is 31.4 Å². The van der Waals surface area contributed by atoms with E-state index < -0.39 is 0 Å². The molecule has 0 saturated carbocycles. The van der Waals surface area contributed by atoms with Crippen LogP contribution >= 0.6 is 23.1 Å². The van der Waals surface area contributed by atoms with Gasteiger partial charge in [-0.1, -0.05) is 0 Å². The monoisotopic (exact) mass is 296 g/mol. The predicted molar refractivity (Wildman–Crippen MR) is 83.5 cm³/mol. The Kier molecular flexibility index (Phi) is 4.55. The third-order valence-electron chi connectivity index (χ3n) is 2.73. The molecular weight excluding hydrogens is 280 g/mol. The van der Waals surface area contributed by atoms with Gasteiger partial charge in [0.25, 0.3) is 5.91 Å². The molecule has 102 valence electrons. The molecule has 0 aliphatic rings. The van der Waals surface area contributed by atoms with Crippen molar-refractivity contribution in [3.63, 3.8) is 0 Å². The number of ether oxygens (including phenoxy) is 1. The first kappa shape index (κ1) is 14.0. The van der Waals surface area contributed by atoms with E-state index in [1.54, 1.807) is 18.9 Å². The molecule has 0 unspecified atom stereocenters. The second-order valence-corrected chi connectivity index (χ2v) is 5.99. The number of rotatable bonds is 5. The average Bonchev–Trinajstić information content (AvgIpc) is 2.75. The maximum atomic E-state index is 12.0. The first-order valence-electron chi connectivity index (χ1n) is 5.80. The Bertz CT molecular complexity index is 596. The van der Waals surface area contributed by atoms with E-state index in [4.69, 9.17) is 10.5 Å². The minimum atomic E-state index is -0.105. The number of benzene rings is 1. The van der Waals surface area contributed by atoms with Gasteiger partial charge in [0.2, 0.25) is 0 Å². The number of fused-ring (bicyclic) bond motifs is 1. The number of hydrogen-bond acceptors (Lipinski definition) is 5. The third-order valence-corrected chi connectivity index (χ3v) is 4.51. The van der Waals surface area contributed by atoms with Crippen molar-refractivity contribution >= 4 is 44.8 Å². The largest absolute Gasteiger partial charge is 0.497 e. The number of nitrogens with one attached hydrogen (secondary N) is 1. The first-order valence-corrected chi connectivity index (χ1v) is 8.01. The standard InChI is InChI=1S/C13H16N2O2S2/c1-17-8-3-4-9-10(7-8)19-12(11(9)14)13(16)15-5-6-18-2/h3-4,7H,5-6,14H2,1-2H3,(H,15,16). The molecule has 0 atom stereocenters. The molecule has 3 N–H and O–H groups in total. The van der Waals surface area contributed by atoms with Crippen LogP contribution in [0.25, 0.3) is 10.1 Å². The number of nitrogen functional groups attached to an aromatic ring is 1. The van der Waals surface area contributed by atoms with Gasteiger partial charge < -0.3 is 15.8 Å². The zero-order valence-corrected chi connectivity index (χ0v) is 12.5. The van der Waals surface area contributed by atoms with E-state index in [9.17, 15) is 4.79 Å². The summed E-state index contributed by atoms with van der Waals surface area (Å²) in [6.07, 6.45) is 2.01. The van der Waals surface area contributed by atoms with Gasteiger partial charge in [0, 0.05) is 22.4 Å². The van der Waals surface area contributed by atoms with Gasteiger partial charge in [0.15, 0.2) is 0 Å². The summed E-state index contributed by atoms with van der Waals surface area (Å²) in [4.78, 5) is 12.6. The first-order chi connectivity index (χ1) is 9.17. The molecule has 0 aliphatic carbocycles. The van der Waals surface area contributed by atoms with Crippen molar-refractivity contribution in [2.45, 2.75) is 0 Å². The zero-order valence-electron chi connectivity index (χ0n) is 10.9. The van der Waals surface area contributed by atoms with E-state index in [1.807, 2.05) is 24.5 Å². The van der Waals surface area contributed by atoms with E-state index in [0.29, 0.717) is 17.1 Å². The van der Waals surface area contributed by atoms with Gasteiger partial charge in [0.1, 0.15) is 10.6 Å². The van der Waals surface area contributed by atoms with Gasteiger partial charge in [0.05, 0.1) is 12.8 Å². The minimum absolute atomic E-state index is 0.105. The van der Waals surface area contributed by atoms with Crippen molar-refractivity contribution in [2.24, 2.45) is 0 Å². The Morgan fingerprint density at radius 2 is 2.32 bits per heavy atom. The van der Waals surface area contributed by atoms with Crippen LogP contribution in [0.1, 0.15) is 9.67 Å². The summed E-state index contributed by atoms with van der Waals surface area (Å²) in [5, 5.41) is 3.77. The van der Waals surface area contributed by atoms with Crippen LogP contribution in [-0.2, 0) is 0 Å². The van der Waals surface area contributed by atoms with Crippen LogP contribution < -0.4 is 15.8 Å². The van der Waals surface area contributed by atoms with Crippen LogP contribution in [0.4, 0.5) is 5.69 Å². The lowest BCUT2D eigenvalue weighted by molar-refractivity contribution is 0.0961. The van der Waals surface area contributed by atoms with Gasteiger partial charge in [-0.2, -0.15) is 11.8 Å². The number of amides is 1. The summed E-state index contributed by atoms with van der Waals surface area (Å²) in [6.45, 7) is 0.650. The molecule has 1 aromatic carbocycles. The van der Waals surface area contributed by atoms with Crippen LogP contribution in [-0.4, -0.2) is 31.6 Å². The average molecular weight is 296 g/mol. The Labute approximate surface area is 120 Å². The lowest BCUT2D eigenvalue weighted by atomic mass is 10.2. The Balaban J connectivity index is 2.28. The van der Waals surface area contributed by atoms with Crippen LogP contribution in [0, 0.1) is 0 Å². The molecule has 0 spiro atoms. The fraction of sp³-hybridized carbons (Fsp3) is 0.308. The number of anilines is 1. The van der Waals surface area contributed by atoms with E-state index in [1.165, 1.54) is 11.3 Å². The van der Waals surface area contributed by atoms with E-state index in [-0.39, 0.29) is 5.91 Å². The van der Waals surface area contributed by atoms with Crippen LogP contribution in [0.2, 0.25) is 0 Å². The van der Waals surface area contributed by atoms with Gasteiger partial charge in [-0.25, -0.2) is 0 Å². The molecule has 0 fully saturated rings. The topological polar surface area (TPSA) is 64.3 Å². The summed E-state index contributed by atoms with van der Waals surface area (Å²) < 4.78 is 6.14. The van der Waals surface area contributed by atoms with Crippen molar-refractivity contribution in [1.82, 2.24) is 5.32 Å². The van der Waals surface area contributed by atoms with Gasteiger partial charge >= 0.3 is 0 Å². The summed E-state index contributed by atoms with van der Waals surface area (Å²) in [7, 11) is 1.62. The van der Waals surface area contributed by atoms with Crippen LogP contribution in [0.3, 0.4) is 0 Å². The van der Waals surface area contributed by atoms with E-state index >= 15 is 0 Å². The van der Waals surface area contributed by atoms with Gasteiger partial charge in [-0.15, -0.1) is 11.3 Å². The predicted octanol–water partition coefficient (Wildman–Crippen LogP) is 2.58. The lowest BCUT2D eigenvalue weighted by Gasteiger charge is -2.02. The Hall–Kier alpha value is -1.40.